The number of aliphatic hydroxyl groups is 2. The van der Waals surface area contributed by atoms with Gasteiger partial charge >= 0.3 is 5.97 Å². The van der Waals surface area contributed by atoms with Crippen molar-refractivity contribution in [1.29, 1.82) is 0 Å². The van der Waals surface area contributed by atoms with Crippen molar-refractivity contribution in [2.75, 3.05) is 26.1 Å². The Labute approximate surface area is 403 Å². The second-order valence-electron chi connectivity index (χ2n) is 21.0. The first-order chi connectivity index (χ1) is 32.4. The summed E-state index contributed by atoms with van der Waals surface area (Å²) in [6.45, 7) is 11.7. The molecule has 5 bridgehead atoms. The number of nitrogens with one attached hydrogen (secondary N) is 1. The molecule has 1 aromatic rings. The van der Waals surface area contributed by atoms with Crippen molar-refractivity contribution < 1.29 is 52.9 Å². The van der Waals surface area contributed by atoms with E-state index in [0.717, 1.165) is 37.7 Å². The van der Waals surface area contributed by atoms with E-state index in [1.54, 1.807) is 33.1 Å². The molecule has 3 saturated heterocycles. The normalized spacial score (nSPS) is 41.4. The van der Waals surface area contributed by atoms with Crippen molar-refractivity contribution in [3.05, 3.63) is 59.9 Å². The van der Waals surface area contributed by atoms with Crippen LogP contribution in [0.15, 0.2) is 64.4 Å². The zero-order valence-electron chi connectivity index (χ0n) is 41.7. The third-order valence-corrected chi connectivity index (χ3v) is 15.9. The Morgan fingerprint density at radius 2 is 1.68 bits per heavy atom. The lowest BCUT2D eigenvalue weighted by Crippen LogP contribution is -2.61. The number of ketones is 2. The summed E-state index contributed by atoms with van der Waals surface area (Å²) in [7, 11) is 3.20. The van der Waals surface area contributed by atoms with E-state index in [1.807, 2.05) is 51.2 Å². The molecule has 16 atom stereocenters. The SMILES string of the molecule is CO[C@@H]1C[C@H](CC2CC3CCN4C(=O)C(=O)[C@]5(O)O[C@@H](CC[C@H]5C)C[C@H](Nc5ccno5)/C(C)=C/C=C/C=C/[C@@H](C)C[C@@H](C)C(=O)[C@H](OC)[C@H](O)/C(C)=C/[C@@H](N)CC[C@@H]2OC(=O)[C@@H]4C3)CC[C@H]1C. The number of methoxy groups -OCH3 is 2. The summed E-state index contributed by atoms with van der Waals surface area (Å²) in [5, 5.41) is 30.8. The van der Waals surface area contributed by atoms with Crippen LogP contribution in [0.25, 0.3) is 0 Å². The van der Waals surface area contributed by atoms with E-state index in [4.69, 9.17) is 29.2 Å². The summed E-state index contributed by atoms with van der Waals surface area (Å²) in [5.41, 5.74) is 8.17. The number of hydrogen-bond donors (Lipinski definition) is 4. The summed E-state index contributed by atoms with van der Waals surface area (Å²) >= 11 is 0. The quantitative estimate of drug-likeness (QED) is 0.128. The number of anilines is 1. The highest BCUT2D eigenvalue weighted by Gasteiger charge is 2.54. The van der Waals surface area contributed by atoms with Crippen LogP contribution in [0.1, 0.15) is 125 Å². The van der Waals surface area contributed by atoms with Crippen molar-refractivity contribution in [3.8, 4) is 0 Å². The molecule has 5 aliphatic rings. The van der Waals surface area contributed by atoms with Crippen LogP contribution in [0, 0.1) is 41.4 Å². The van der Waals surface area contributed by atoms with Gasteiger partial charge in [0.1, 0.15) is 24.4 Å². The fourth-order valence-corrected chi connectivity index (χ4v) is 11.6. The van der Waals surface area contributed by atoms with Gasteiger partial charge < -0.3 is 49.6 Å². The number of Topliss-reactive ketones (excluding diaryl/α,β-unsaturated/α-hetero) is 2. The highest BCUT2D eigenvalue weighted by molar-refractivity contribution is 6.39. The number of ether oxygens (including phenoxy) is 4. The molecule has 2 unspecified atom stereocenters. The first kappa shape index (κ1) is 53.4. The summed E-state index contributed by atoms with van der Waals surface area (Å²) in [5.74, 6) is -4.88. The standard InChI is InChI=1S/C53H80N4O11/c1-31-12-10-9-11-13-32(2)42(56-46-20-22-55-68-46)30-41-18-15-36(6)53(63,67-41)50(60)51(61)57-23-21-38-27-39(26-37-16-14-33(3)45(29-37)64-7)44(66-52(62)43(57)28-38)19-17-40(54)25-35(5)48(59)49(65-8)47(58)34(4)24-31/h9-13,20,22,25,31,33-34,36-45,48-49,56,59,63H,14-19,21,23-24,26-30,54H2,1-8H3/b11-9+,12-10+,32-13+,35-25+/t31-,33-,34-,36-,37+,38?,39?,40+,41+,42+,43+,44+,45-,48-,49+,53-/m1/s1. The Bertz CT molecular complexity index is 1980. The van der Waals surface area contributed by atoms with Crippen LogP contribution in [0.4, 0.5) is 5.88 Å². The average Bonchev–Trinajstić information content (AvgIpc) is 3.83. The molecule has 0 spiro atoms. The molecule has 1 aliphatic carbocycles. The number of carbonyl (C=O) groups is 4. The van der Waals surface area contributed by atoms with Crippen LogP contribution in [0.2, 0.25) is 0 Å². The van der Waals surface area contributed by atoms with Crippen LogP contribution in [0.3, 0.4) is 0 Å². The molecule has 1 saturated carbocycles. The molecule has 4 aliphatic heterocycles. The highest BCUT2D eigenvalue weighted by Crippen LogP contribution is 2.43. The second-order valence-corrected chi connectivity index (χ2v) is 21.0. The third kappa shape index (κ3) is 13.2. The molecular weight excluding hydrogens is 869 g/mol. The molecule has 5 N–H and O–H groups in total. The Morgan fingerprint density at radius 1 is 0.897 bits per heavy atom. The van der Waals surface area contributed by atoms with Crippen LogP contribution in [-0.2, 0) is 38.1 Å². The van der Waals surface area contributed by atoms with Crippen LogP contribution < -0.4 is 11.1 Å². The minimum atomic E-state index is -2.41. The van der Waals surface area contributed by atoms with Gasteiger partial charge in [0.25, 0.3) is 11.7 Å². The van der Waals surface area contributed by atoms with Crippen molar-refractivity contribution in [2.45, 2.75) is 179 Å². The molecule has 6 rings (SSSR count). The monoisotopic (exact) mass is 949 g/mol. The van der Waals surface area contributed by atoms with Gasteiger partial charge in [-0.05, 0) is 132 Å². The topological polar surface area (TPSA) is 213 Å². The number of amides is 1. The number of nitrogens with zero attached hydrogens (tertiary/aromatic N) is 2. The molecule has 0 aromatic carbocycles. The number of allylic oxidation sites excluding steroid dienone is 5. The number of carbonyl (C=O) groups excluding carboxylic acids is 4. The lowest BCUT2D eigenvalue weighted by atomic mass is 9.72. The van der Waals surface area contributed by atoms with Gasteiger partial charge in [-0.3, -0.25) is 14.4 Å². The molecule has 1 aromatic heterocycles. The molecule has 1 amide bonds. The largest absolute Gasteiger partial charge is 0.461 e. The van der Waals surface area contributed by atoms with Gasteiger partial charge in [0.15, 0.2) is 5.78 Å². The van der Waals surface area contributed by atoms with Gasteiger partial charge in [-0.15, -0.1) is 0 Å². The van der Waals surface area contributed by atoms with Gasteiger partial charge in [0.2, 0.25) is 11.7 Å². The van der Waals surface area contributed by atoms with E-state index in [2.05, 4.69) is 17.4 Å². The molecule has 15 heteroatoms. The number of aliphatic hydroxyl groups excluding tert-OH is 1. The van der Waals surface area contributed by atoms with Crippen molar-refractivity contribution >= 4 is 29.3 Å². The van der Waals surface area contributed by atoms with Gasteiger partial charge in [-0.2, -0.15) is 0 Å². The second kappa shape index (κ2) is 24.2. The summed E-state index contributed by atoms with van der Waals surface area (Å²) in [6.07, 6.45) is 18.0. The predicted octanol–water partition coefficient (Wildman–Crippen LogP) is 7.03. The first-order valence-electron chi connectivity index (χ1n) is 25.3. The van der Waals surface area contributed by atoms with Crippen LogP contribution in [0.5, 0.6) is 0 Å². The zero-order valence-corrected chi connectivity index (χ0v) is 41.7. The first-order valence-corrected chi connectivity index (χ1v) is 25.3. The van der Waals surface area contributed by atoms with Crippen LogP contribution >= 0.6 is 0 Å². The number of rotatable bonds is 6. The van der Waals surface area contributed by atoms with Crippen LogP contribution in [-0.4, -0.2) is 119 Å². The van der Waals surface area contributed by atoms with E-state index in [0.29, 0.717) is 74.7 Å². The van der Waals surface area contributed by atoms with Crippen molar-refractivity contribution in [3.63, 3.8) is 0 Å². The molecule has 378 valence electrons. The van der Waals surface area contributed by atoms with E-state index in [9.17, 15) is 29.4 Å². The number of hydrogen-bond acceptors (Lipinski definition) is 14. The minimum Gasteiger partial charge on any atom is -0.461 e. The van der Waals surface area contributed by atoms with Gasteiger partial charge in [-0.25, -0.2) is 4.79 Å². The minimum absolute atomic E-state index is 0.0252. The predicted molar refractivity (Wildman–Crippen MR) is 258 cm³/mol. The lowest BCUT2D eigenvalue weighted by Gasteiger charge is -2.45. The van der Waals surface area contributed by atoms with Gasteiger partial charge in [-0.1, -0.05) is 74.9 Å². The van der Waals surface area contributed by atoms with Gasteiger partial charge in [0, 0.05) is 44.7 Å². The Morgan fingerprint density at radius 3 is 2.40 bits per heavy atom. The maximum absolute atomic E-state index is 14.5. The molecule has 0 radical (unpaired) electrons. The van der Waals surface area contributed by atoms with E-state index >= 15 is 0 Å². The Kier molecular flexibility index (Phi) is 19.0. The van der Waals surface area contributed by atoms with Gasteiger partial charge in [0.05, 0.1) is 24.4 Å². The molecule has 4 fully saturated rings. The number of nitrogens with two attached hydrogens (primary N) is 1. The molecule has 68 heavy (non-hydrogen) atoms. The van der Waals surface area contributed by atoms with Crippen molar-refractivity contribution in [2.24, 2.45) is 47.2 Å². The summed E-state index contributed by atoms with van der Waals surface area (Å²) < 4.78 is 29.7. The van der Waals surface area contributed by atoms with E-state index < -0.39 is 71.8 Å². The molecular formula is C53H80N4O11. The van der Waals surface area contributed by atoms with E-state index in [-0.39, 0.29) is 42.2 Å². The molecule has 5 heterocycles. The maximum Gasteiger partial charge on any atom is 0.329 e. The number of esters is 1. The number of fused-ring (bicyclic) bond motifs is 5. The average molecular weight is 949 g/mol. The smallest absolute Gasteiger partial charge is 0.329 e. The number of aromatic nitrogens is 1. The Balaban J connectivity index is 1.31. The number of piperidine rings is 1. The maximum atomic E-state index is 14.5. The Hall–Kier alpha value is -3.99. The third-order valence-electron chi connectivity index (χ3n) is 15.9. The zero-order chi connectivity index (χ0) is 49.3. The fourth-order valence-electron chi connectivity index (χ4n) is 11.6. The summed E-state index contributed by atoms with van der Waals surface area (Å²) in [6, 6.07) is -0.217. The lowest BCUT2D eigenvalue weighted by molar-refractivity contribution is -0.263. The summed E-state index contributed by atoms with van der Waals surface area (Å²) in [4.78, 5) is 58.4. The van der Waals surface area contributed by atoms with Crippen molar-refractivity contribution in [1.82, 2.24) is 10.1 Å². The fraction of sp³-hybridized carbons (Fsp3) is 0.717. The highest BCUT2D eigenvalue weighted by atomic mass is 16.6. The van der Waals surface area contributed by atoms with E-state index in [1.165, 1.54) is 18.2 Å². The molecule has 15 nitrogen and oxygen atoms in total.